The summed E-state index contributed by atoms with van der Waals surface area (Å²) in [6.45, 7) is 4.84. The van der Waals surface area contributed by atoms with E-state index in [9.17, 15) is 0 Å². The van der Waals surface area contributed by atoms with Gasteiger partial charge >= 0.3 is 0 Å². The van der Waals surface area contributed by atoms with Gasteiger partial charge in [-0.05, 0) is 38.5 Å². The van der Waals surface area contributed by atoms with E-state index in [2.05, 4.69) is 19.9 Å². The predicted molar refractivity (Wildman–Crippen MR) is 78.0 cm³/mol. The number of nitrogens with two attached hydrogens (primary N) is 1. The largest absolute Gasteiger partial charge is 0.370 e. The van der Waals surface area contributed by atoms with Gasteiger partial charge in [-0.1, -0.05) is 6.42 Å². The zero-order valence-corrected chi connectivity index (χ0v) is 11.8. The fourth-order valence-electron chi connectivity index (χ4n) is 2.22. The molecular weight excluding hydrogens is 238 g/mol. The lowest BCUT2D eigenvalue weighted by atomic mass is 9.86. The SMILES string of the molecule is Cc1nccn1CCCCNC(N)=NCC1CCC1. The first kappa shape index (κ1) is 13.9. The molecular formula is C14H25N5. The highest BCUT2D eigenvalue weighted by Gasteiger charge is 2.16. The summed E-state index contributed by atoms with van der Waals surface area (Å²) in [7, 11) is 0. The quantitative estimate of drug-likeness (QED) is 0.447. The molecule has 106 valence electrons. The third-order valence-electron chi connectivity index (χ3n) is 3.80. The van der Waals surface area contributed by atoms with Gasteiger partial charge in [0.25, 0.3) is 0 Å². The van der Waals surface area contributed by atoms with Crippen molar-refractivity contribution in [3.05, 3.63) is 18.2 Å². The van der Waals surface area contributed by atoms with Crippen LogP contribution in [-0.2, 0) is 6.54 Å². The van der Waals surface area contributed by atoms with Crippen molar-refractivity contribution in [2.75, 3.05) is 13.1 Å². The van der Waals surface area contributed by atoms with Crippen molar-refractivity contribution in [3.63, 3.8) is 0 Å². The molecule has 1 aliphatic carbocycles. The van der Waals surface area contributed by atoms with Crippen LogP contribution in [0, 0.1) is 12.8 Å². The van der Waals surface area contributed by atoms with E-state index in [1.54, 1.807) is 0 Å². The van der Waals surface area contributed by atoms with Crippen LogP contribution in [0.1, 0.15) is 37.9 Å². The van der Waals surface area contributed by atoms with Crippen molar-refractivity contribution < 1.29 is 0 Å². The molecule has 0 atom stereocenters. The average Bonchev–Trinajstić information content (AvgIpc) is 2.73. The molecule has 1 heterocycles. The van der Waals surface area contributed by atoms with Crippen molar-refractivity contribution in [2.45, 2.75) is 45.6 Å². The highest BCUT2D eigenvalue weighted by Crippen LogP contribution is 2.26. The van der Waals surface area contributed by atoms with Crippen LogP contribution in [0.5, 0.6) is 0 Å². The van der Waals surface area contributed by atoms with Crippen LogP contribution in [0.2, 0.25) is 0 Å². The molecule has 5 heteroatoms. The summed E-state index contributed by atoms with van der Waals surface area (Å²) < 4.78 is 2.17. The predicted octanol–water partition coefficient (Wildman–Crippen LogP) is 1.68. The van der Waals surface area contributed by atoms with Crippen LogP contribution in [0.4, 0.5) is 0 Å². The number of hydrogen-bond donors (Lipinski definition) is 2. The van der Waals surface area contributed by atoms with E-state index in [4.69, 9.17) is 5.73 Å². The Balaban J connectivity index is 1.52. The molecule has 0 aliphatic heterocycles. The Morgan fingerprint density at radius 1 is 1.53 bits per heavy atom. The molecule has 19 heavy (non-hydrogen) atoms. The summed E-state index contributed by atoms with van der Waals surface area (Å²) in [5.74, 6) is 2.46. The molecule has 3 N–H and O–H groups in total. The number of aromatic nitrogens is 2. The van der Waals surface area contributed by atoms with Crippen molar-refractivity contribution in [1.29, 1.82) is 0 Å². The molecule has 1 fully saturated rings. The monoisotopic (exact) mass is 263 g/mol. The fourth-order valence-corrected chi connectivity index (χ4v) is 2.22. The van der Waals surface area contributed by atoms with E-state index in [0.29, 0.717) is 5.96 Å². The zero-order valence-electron chi connectivity index (χ0n) is 11.8. The van der Waals surface area contributed by atoms with Gasteiger partial charge in [0.05, 0.1) is 0 Å². The number of nitrogens with one attached hydrogen (secondary N) is 1. The molecule has 0 spiro atoms. The summed E-state index contributed by atoms with van der Waals surface area (Å²) in [6, 6.07) is 0. The Bertz CT molecular complexity index is 406. The van der Waals surface area contributed by atoms with Crippen molar-refractivity contribution in [3.8, 4) is 0 Å². The molecule has 0 bridgehead atoms. The second-order valence-corrected chi connectivity index (χ2v) is 5.32. The minimum atomic E-state index is 0.603. The van der Waals surface area contributed by atoms with Gasteiger partial charge in [-0.2, -0.15) is 0 Å². The van der Waals surface area contributed by atoms with E-state index >= 15 is 0 Å². The third kappa shape index (κ3) is 4.58. The van der Waals surface area contributed by atoms with Crippen LogP contribution in [-0.4, -0.2) is 28.6 Å². The highest BCUT2D eigenvalue weighted by molar-refractivity contribution is 5.77. The van der Waals surface area contributed by atoms with Gasteiger partial charge in [-0.15, -0.1) is 0 Å². The Labute approximate surface area is 115 Å². The van der Waals surface area contributed by atoms with Gasteiger partial charge in [-0.25, -0.2) is 4.98 Å². The minimum absolute atomic E-state index is 0.603. The molecule has 0 aromatic carbocycles. The Morgan fingerprint density at radius 2 is 2.37 bits per heavy atom. The zero-order chi connectivity index (χ0) is 13.5. The Morgan fingerprint density at radius 3 is 3.00 bits per heavy atom. The molecule has 0 amide bonds. The first-order valence-corrected chi connectivity index (χ1v) is 7.27. The number of imidazole rings is 1. The minimum Gasteiger partial charge on any atom is -0.370 e. The molecule has 5 nitrogen and oxygen atoms in total. The van der Waals surface area contributed by atoms with Crippen LogP contribution < -0.4 is 11.1 Å². The molecule has 0 radical (unpaired) electrons. The normalized spacial score (nSPS) is 16.4. The van der Waals surface area contributed by atoms with Gasteiger partial charge in [0.1, 0.15) is 5.82 Å². The fraction of sp³-hybridized carbons (Fsp3) is 0.714. The molecule has 1 aliphatic rings. The van der Waals surface area contributed by atoms with Crippen LogP contribution in [0.15, 0.2) is 17.4 Å². The van der Waals surface area contributed by atoms with Crippen LogP contribution >= 0.6 is 0 Å². The maximum atomic E-state index is 5.83. The smallest absolute Gasteiger partial charge is 0.188 e. The number of aliphatic imine (C=N–C) groups is 1. The van der Waals surface area contributed by atoms with E-state index in [0.717, 1.165) is 44.2 Å². The molecule has 0 unspecified atom stereocenters. The van der Waals surface area contributed by atoms with Crippen molar-refractivity contribution in [1.82, 2.24) is 14.9 Å². The molecule has 1 saturated carbocycles. The summed E-state index contributed by atoms with van der Waals surface area (Å²) in [4.78, 5) is 8.58. The van der Waals surface area contributed by atoms with Gasteiger partial charge in [0.15, 0.2) is 5.96 Å². The molecule has 1 aromatic heterocycles. The second kappa shape index (κ2) is 7.16. The molecule has 0 saturated heterocycles. The highest BCUT2D eigenvalue weighted by atomic mass is 15.1. The first-order valence-electron chi connectivity index (χ1n) is 7.27. The summed E-state index contributed by atoms with van der Waals surface area (Å²) in [5, 5.41) is 3.18. The number of guanidine groups is 1. The number of hydrogen-bond acceptors (Lipinski definition) is 2. The number of unbranched alkanes of at least 4 members (excludes halogenated alkanes) is 1. The number of nitrogens with zero attached hydrogens (tertiary/aromatic N) is 3. The summed E-state index contributed by atoms with van der Waals surface area (Å²) >= 11 is 0. The maximum absolute atomic E-state index is 5.83. The molecule has 2 rings (SSSR count). The standard InChI is InChI=1S/C14H25N5/c1-12-16-8-10-19(12)9-3-2-7-17-14(15)18-11-13-5-4-6-13/h8,10,13H,2-7,9,11H2,1H3,(H3,15,17,18). The number of rotatable bonds is 7. The van der Waals surface area contributed by atoms with E-state index in [-0.39, 0.29) is 0 Å². The second-order valence-electron chi connectivity index (χ2n) is 5.32. The van der Waals surface area contributed by atoms with Crippen molar-refractivity contribution in [2.24, 2.45) is 16.6 Å². The van der Waals surface area contributed by atoms with Gasteiger partial charge in [0, 0.05) is 32.0 Å². The number of aryl methyl sites for hydroxylation is 2. The Hall–Kier alpha value is -1.52. The topological polar surface area (TPSA) is 68.2 Å². The van der Waals surface area contributed by atoms with E-state index in [1.165, 1.54) is 19.3 Å². The van der Waals surface area contributed by atoms with E-state index < -0.39 is 0 Å². The third-order valence-corrected chi connectivity index (χ3v) is 3.80. The summed E-state index contributed by atoms with van der Waals surface area (Å²) in [5.41, 5.74) is 5.83. The van der Waals surface area contributed by atoms with Gasteiger partial charge < -0.3 is 15.6 Å². The van der Waals surface area contributed by atoms with Gasteiger partial charge in [-0.3, -0.25) is 4.99 Å². The maximum Gasteiger partial charge on any atom is 0.188 e. The average molecular weight is 263 g/mol. The lowest BCUT2D eigenvalue weighted by Crippen LogP contribution is -2.33. The van der Waals surface area contributed by atoms with Crippen LogP contribution in [0.25, 0.3) is 0 Å². The van der Waals surface area contributed by atoms with Crippen molar-refractivity contribution >= 4 is 5.96 Å². The lowest BCUT2D eigenvalue weighted by molar-refractivity contribution is 0.326. The lowest BCUT2D eigenvalue weighted by Gasteiger charge is -2.23. The van der Waals surface area contributed by atoms with Crippen LogP contribution in [0.3, 0.4) is 0 Å². The van der Waals surface area contributed by atoms with Gasteiger partial charge in [0.2, 0.25) is 0 Å². The summed E-state index contributed by atoms with van der Waals surface area (Å²) in [6.07, 6.45) is 10.1. The molecule has 1 aromatic rings. The first-order chi connectivity index (χ1) is 9.25. The van der Waals surface area contributed by atoms with E-state index in [1.807, 2.05) is 19.3 Å². The Kier molecular flexibility index (Phi) is 5.24.